The van der Waals surface area contributed by atoms with Gasteiger partial charge in [0.05, 0.1) is 29.9 Å². The molecule has 0 radical (unpaired) electrons. The number of allylic oxidation sites excluding steroid dienone is 1. The van der Waals surface area contributed by atoms with E-state index in [1.54, 1.807) is 0 Å². The maximum Gasteiger partial charge on any atom is 0.416 e. The van der Waals surface area contributed by atoms with E-state index in [2.05, 4.69) is 0 Å². The number of aryl methyl sites for hydroxylation is 1. The Hall–Kier alpha value is -4.66. The molecule has 0 aliphatic carbocycles. The third-order valence-corrected chi connectivity index (χ3v) is 5.87. The number of anilines is 1. The minimum atomic E-state index is -4.68. The summed E-state index contributed by atoms with van der Waals surface area (Å²) in [5.74, 6) is -1.52. The van der Waals surface area contributed by atoms with Crippen LogP contribution in [0.15, 0.2) is 53.7 Å². The van der Waals surface area contributed by atoms with E-state index < -0.39 is 35.7 Å². The van der Waals surface area contributed by atoms with Gasteiger partial charge in [-0.2, -0.15) is 18.4 Å². The number of nitrogens with two attached hydrogens (primary N) is 1. The molecule has 1 heterocycles. The van der Waals surface area contributed by atoms with Crippen LogP contribution < -0.4 is 10.6 Å². The number of carbonyl (C=O) groups excluding carboxylic acids is 3. The maximum atomic E-state index is 13.4. The number of rotatable bonds is 6. The lowest BCUT2D eigenvalue weighted by molar-refractivity contribution is -0.138. The smallest absolute Gasteiger partial charge is 0.416 e. The number of benzene rings is 2. The number of aldehydes is 1. The van der Waals surface area contributed by atoms with Gasteiger partial charge in [-0.15, -0.1) is 0 Å². The highest BCUT2D eigenvalue weighted by molar-refractivity contribution is 6.10. The molecule has 1 aliphatic heterocycles. The summed E-state index contributed by atoms with van der Waals surface area (Å²) in [6.07, 6.45) is -3.81. The zero-order valence-electron chi connectivity index (χ0n) is 19.8. The van der Waals surface area contributed by atoms with Crippen LogP contribution in [0.4, 0.5) is 23.7 Å². The molecule has 0 saturated carbocycles. The van der Waals surface area contributed by atoms with Crippen molar-refractivity contribution in [2.75, 3.05) is 12.0 Å². The Balaban J connectivity index is 2.34. The third-order valence-electron chi connectivity index (χ3n) is 5.87. The zero-order chi connectivity index (χ0) is 27.5. The van der Waals surface area contributed by atoms with Gasteiger partial charge < -0.3 is 15.3 Å². The molecule has 2 aromatic rings. The fraction of sp³-hybridized carbons (Fsp3) is 0.240. The second kappa shape index (κ2) is 10.5. The maximum absolute atomic E-state index is 13.4. The number of nitrogens with one attached hydrogen (secondary N) is 1. The van der Waals surface area contributed by atoms with Crippen molar-refractivity contribution in [1.29, 1.82) is 10.7 Å². The number of hydrogen-bond acceptors (Lipinski definition) is 6. The average molecular weight is 513 g/mol. The van der Waals surface area contributed by atoms with Crippen molar-refractivity contribution < 1.29 is 32.3 Å². The first-order valence-electron chi connectivity index (χ1n) is 10.9. The van der Waals surface area contributed by atoms with Gasteiger partial charge in [0.1, 0.15) is 12.3 Å². The molecule has 192 valence electrons. The SMILES string of the molecule is COC(=O)C1=C(C)N(c2cccc(C(F)(F)F)c2)C(=N)N(C(N)=O)C1c1ccc(C#N)cc1CCC=O. The number of guanidine groups is 1. The second-order valence-electron chi connectivity index (χ2n) is 8.04. The van der Waals surface area contributed by atoms with E-state index >= 15 is 0 Å². The van der Waals surface area contributed by atoms with E-state index in [1.165, 1.54) is 31.2 Å². The summed E-state index contributed by atoms with van der Waals surface area (Å²) < 4.78 is 45.1. The first kappa shape index (κ1) is 26.9. The molecule has 2 amide bonds. The van der Waals surface area contributed by atoms with E-state index in [1.807, 2.05) is 6.07 Å². The number of ether oxygens (including phenoxy) is 1. The van der Waals surface area contributed by atoms with Crippen molar-refractivity contribution in [1.82, 2.24) is 4.90 Å². The summed E-state index contributed by atoms with van der Waals surface area (Å²) in [6.45, 7) is 1.40. The van der Waals surface area contributed by atoms with Crippen LogP contribution in [0.3, 0.4) is 0 Å². The lowest BCUT2D eigenvalue weighted by Crippen LogP contribution is -2.55. The largest absolute Gasteiger partial charge is 0.466 e. The van der Waals surface area contributed by atoms with Gasteiger partial charge in [0.25, 0.3) is 0 Å². The number of primary amides is 1. The van der Waals surface area contributed by atoms with Crippen molar-refractivity contribution >= 4 is 29.9 Å². The number of nitrogens with zero attached hydrogens (tertiary/aromatic N) is 3. The summed E-state index contributed by atoms with van der Waals surface area (Å²) in [5.41, 5.74) is 5.37. The van der Waals surface area contributed by atoms with Crippen molar-refractivity contribution in [3.8, 4) is 6.07 Å². The monoisotopic (exact) mass is 513 g/mol. The van der Waals surface area contributed by atoms with E-state index in [4.69, 9.17) is 15.9 Å². The molecular formula is C25H22F3N5O4. The van der Waals surface area contributed by atoms with Gasteiger partial charge in [0.2, 0.25) is 5.96 Å². The first-order valence-corrected chi connectivity index (χ1v) is 10.9. The molecule has 1 atom stereocenters. The standard InChI is InChI=1S/C25H22F3N5O4/c1-14-20(22(35)37-2)21(19-9-8-15(13-29)11-16(19)5-4-10-34)33(24(31)36)23(30)32(14)18-7-3-6-17(12-18)25(26,27)28/h3,6-12,21,30H,4-5H2,1-2H3,(H2,31,36). The lowest BCUT2D eigenvalue weighted by atomic mass is 9.87. The molecule has 37 heavy (non-hydrogen) atoms. The van der Waals surface area contributed by atoms with Crippen LogP contribution in [0, 0.1) is 16.7 Å². The first-order chi connectivity index (χ1) is 17.5. The minimum absolute atomic E-state index is 0.0318. The van der Waals surface area contributed by atoms with Gasteiger partial charge in [-0.1, -0.05) is 12.1 Å². The van der Waals surface area contributed by atoms with Crippen molar-refractivity contribution in [2.45, 2.75) is 32.0 Å². The molecule has 0 bridgehead atoms. The molecule has 9 nitrogen and oxygen atoms in total. The number of nitriles is 1. The Labute approximate surface area is 210 Å². The van der Waals surface area contributed by atoms with Crippen LogP contribution in [0.1, 0.15) is 41.6 Å². The summed E-state index contributed by atoms with van der Waals surface area (Å²) in [6, 6.07) is 7.96. The molecule has 2 aromatic carbocycles. The van der Waals surface area contributed by atoms with Gasteiger partial charge in [-0.25, -0.2) is 9.59 Å². The predicted octanol–water partition coefficient (Wildman–Crippen LogP) is 4.03. The van der Waals surface area contributed by atoms with Crippen LogP contribution in [-0.2, 0) is 26.9 Å². The van der Waals surface area contributed by atoms with E-state index in [0.717, 1.165) is 35.1 Å². The fourth-order valence-electron chi connectivity index (χ4n) is 4.24. The molecule has 3 N–H and O–H groups in total. The van der Waals surface area contributed by atoms with E-state index in [9.17, 15) is 32.8 Å². The number of halogens is 3. The summed E-state index contributed by atoms with van der Waals surface area (Å²) in [7, 11) is 1.09. The molecule has 0 aromatic heterocycles. The quantitative estimate of drug-likeness (QED) is 0.441. The van der Waals surface area contributed by atoms with Gasteiger partial charge >= 0.3 is 18.2 Å². The number of amides is 2. The van der Waals surface area contributed by atoms with Crippen molar-refractivity contribution in [3.63, 3.8) is 0 Å². The van der Waals surface area contributed by atoms with Crippen LogP contribution in [0.25, 0.3) is 0 Å². The Bertz CT molecular complexity index is 1350. The lowest BCUT2D eigenvalue weighted by Gasteiger charge is -2.43. The Kier molecular flexibility index (Phi) is 7.67. The number of urea groups is 1. The van der Waals surface area contributed by atoms with Gasteiger partial charge in [-0.05, 0) is 54.8 Å². The van der Waals surface area contributed by atoms with Crippen LogP contribution in [0.2, 0.25) is 0 Å². The van der Waals surface area contributed by atoms with Gasteiger partial charge in [-0.3, -0.25) is 15.2 Å². The molecule has 1 unspecified atom stereocenters. The highest BCUT2D eigenvalue weighted by atomic mass is 19.4. The number of carbonyl (C=O) groups is 3. The molecule has 12 heteroatoms. The van der Waals surface area contributed by atoms with Gasteiger partial charge in [0, 0.05) is 17.8 Å². The Morgan fingerprint density at radius 2 is 1.95 bits per heavy atom. The molecule has 0 saturated heterocycles. The van der Waals surface area contributed by atoms with Crippen LogP contribution in [-0.4, -0.2) is 36.3 Å². The van der Waals surface area contributed by atoms with Crippen LogP contribution in [0.5, 0.6) is 0 Å². The normalized spacial score (nSPS) is 15.9. The number of hydrogen-bond donors (Lipinski definition) is 2. The molecular weight excluding hydrogens is 491 g/mol. The summed E-state index contributed by atoms with van der Waals surface area (Å²) in [5, 5.41) is 18.1. The predicted molar refractivity (Wildman–Crippen MR) is 126 cm³/mol. The van der Waals surface area contributed by atoms with E-state index in [-0.39, 0.29) is 35.4 Å². The Morgan fingerprint density at radius 3 is 2.51 bits per heavy atom. The zero-order valence-corrected chi connectivity index (χ0v) is 19.8. The number of alkyl halides is 3. The minimum Gasteiger partial charge on any atom is -0.466 e. The van der Waals surface area contributed by atoms with Crippen LogP contribution >= 0.6 is 0 Å². The number of esters is 1. The summed E-state index contributed by atoms with van der Waals surface area (Å²) in [4.78, 5) is 38.5. The fourth-order valence-corrected chi connectivity index (χ4v) is 4.24. The van der Waals surface area contributed by atoms with Crippen molar-refractivity contribution in [2.24, 2.45) is 5.73 Å². The second-order valence-corrected chi connectivity index (χ2v) is 8.04. The third kappa shape index (κ3) is 5.16. The molecule has 0 spiro atoms. The highest BCUT2D eigenvalue weighted by Crippen LogP contribution is 2.42. The molecule has 3 rings (SSSR count). The topological polar surface area (TPSA) is 141 Å². The van der Waals surface area contributed by atoms with E-state index in [0.29, 0.717) is 17.4 Å². The molecule has 1 aliphatic rings. The van der Waals surface area contributed by atoms with Crippen molar-refractivity contribution in [3.05, 3.63) is 76.0 Å². The summed E-state index contributed by atoms with van der Waals surface area (Å²) >= 11 is 0. The Morgan fingerprint density at radius 1 is 1.24 bits per heavy atom. The average Bonchev–Trinajstić information content (AvgIpc) is 2.86. The van der Waals surface area contributed by atoms with Gasteiger partial charge in [0.15, 0.2) is 0 Å². The number of methoxy groups -OCH3 is 1. The molecule has 0 fully saturated rings. The highest BCUT2D eigenvalue weighted by Gasteiger charge is 2.44.